The van der Waals surface area contributed by atoms with E-state index in [0.29, 0.717) is 6.42 Å². The van der Waals surface area contributed by atoms with Gasteiger partial charge in [-0.05, 0) is 36.5 Å². The zero-order valence-corrected chi connectivity index (χ0v) is 16.6. The van der Waals surface area contributed by atoms with Gasteiger partial charge in [0, 0.05) is 22.0 Å². The molecule has 1 aromatic heterocycles. The fourth-order valence-corrected chi connectivity index (χ4v) is 5.24. The molecule has 2 atom stereocenters. The number of primary amides is 1. The number of aromatic nitrogens is 1. The Morgan fingerprint density at radius 3 is 2.48 bits per heavy atom. The molecular weight excluding hydrogens is 364 g/mol. The van der Waals surface area contributed by atoms with E-state index in [1.165, 1.54) is 5.56 Å². The number of carbonyl (C=O) groups is 2. The Labute approximate surface area is 170 Å². The molecule has 1 amide bonds. The third-order valence-electron chi connectivity index (χ3n) is 6.31. The lowest BCUT2D eigenvalue weighted by Gasteiger charge is -2.41. The van der Waals surface area contributed by atoms with Gasteiger partial charge in [0.15, 0.2) is 0 Å². The van der Waals surface area contributed by atoms with Gasteiger partial charge >= 0.3 is 5.97 Å². The molecule has 2 unspecified atom stereocenters. The Hall–Kier alpha value is -3.08. The molecule has 2 aromatic carbocycles. The Morgan fingerprint density at radius 1 is 1.14 bits per heavy atom. The molecule has 0 saturated carbocycles. The predicted octanol–water partition coefficient (Wildman–Crippen LogP) is 3.98. The van der Waals surface area contributed by atoms with Crippen LogP contribution >= 0.6 is 0 Å². The first-order valence-corrected chi connectivity index (χ1v) is 10.1. The summed E-state index contributed by atoms with van der Waals surface area (Å²) in [5, 5.41) is 10.5. The van der Waals surface area contributed by atoms with Gasteiger partial charge in [-0.2, -0.15) is 0 Å². The van der Waals surface area contributed by atoms with Gasteiger partial charge in [0.1, 0.15) is 6.54 Å². The van der Waals surface area contributed by atoms with E-state index >= 15 is 0 Å². The van der Waals surface area contributed by atoms with E-state index in [9.17, 15) is 14.7 Å². The van der Waals surface area contributed by atoms with Gasteiger partial charge in [-0.1, -0.05) is 61.9 Å². The Morgan fingerprint density at radius 2 is 1.83 bits per heavy atom. The van der Waals surface area contributed by atoms with Crippen LogP contribution in [0.4, 0.5) is 0 Å². The number of nitrogens with zero attached hydrogens (tertiary/aromatic N) is 1. The van der Waals surface area contributed by atoms with Crippen LogP contribution in [0.1, 0.15) is 48.9 Å². The third-order valence-corrected chi connectivity index (χ3v) is 6.31. The summed E-state index contributed by atoms with van der Waals surface area (Å²) in [5.74, 6) is -1.83. The first kappa shape index (κ1) is 19.2. The predicted molar refractivity (Wildman–Crippen MR) is 113 cm³/mol. The maximum absolute atomic E-state index is 12.6. The summed E-state index contributed by atoms with van der Waals surface area (Å²) in [6.45, 7) is 1.99. The smallest absolute Gasteiger partial charge is 0.323 e. The van der Waals surface area contributed by atoms with E-state index in [1.807, 2.05) is 42.5 Å². The number of hydrogen-bond donors (Lipinski definition) is 2. The minimum Gasteiger partial charge on any atom is -0.480 e. The van der Waals surface area contributed by atoms with Crippen LogP contribution in [0.3, 0.4) is 0 Å². The van der Waals surface area contributed by atoms with Crippen LogP contribution in [0, 0.1) is 0 Å². The molecule has 150 valence electrons. The van der Waals surface area contributed by atoms with Crippen molar-refractivity contribution in [3.63, 3.8) is 0 Å². The van der Waals surface area contributed by atoms with Gasteiger partial charge in [0.25, 0.3) is 0 Å². The molecule has 1 aliphatic carbocycles. The van der Waals surface area contributed by atoms with Gasteiger partial charge in [0.05, 0.1) is 5.92 Å². The standard InChI is InChI=1S/C24H26N2O3/c1-2-12-24(16-8-4-3-5-9-16)13-18-17-10-6-7-11-20(17)26(15-21(27)28)22(18)19(14-24)23(25)29/h3-11,19H,2,12-15H2,1H3,(H2,25,29)(H,27,28). The molecule has 4 rings (SSSR count). The molecule has 0 radical (unpaired) electrons. The molecule has 5 heteroatoms. The van der Waals surface area contributed by atoms with E-state index in [2.05, 4.69) is 19.1 Å². The molecule has 29 heavy (non-hydrogen) atoms. The number of benzene rings is 2. The van der Waals surface area contributed by atoms with Gasteiger partial charge in [-0.3, -0.25) is 9.59 Å². The van der Waals surface area contributed by atoms with E-state index in [-0.39, 0.29) is 12.0 Å². The van der Waals surface area contributed by atoms with E-state index in [1.54, 1.807) is 4.57 Å². The van der Waals surface area contributed by atoms with Crippen molar-refractivity contribution < 1.29 is 14.7 Å². The lowest BCUT2D eigenvalue weighted by atomic mass is 9.63. The van der Waals surface area contributed by atoms with Crippen LogP contribution < -0.4 is 5.73 Å². The highest BCUT2D eigenvalue weighted by molar-refractivity contribution is 5.92. The van der Waals surface area contributed by atoms with Crippen LogP contribution in [0.15, 0.2) is 54.6 Å². The number of hydrogen-bond acceptors (Lipinski definition) is 2. The number of aliphatic carboxylic acids is 1. The summed E-state index contributed by atoms with van der Waals surface area (Å²) in [4.78, 5) is 24.2. The minimum absolute atomic E-state index is 0.175. The Bertz CT molecular complexity index is 1070. The van der Waals surface area contributed by atoms with Gasteiger partial charge in [0.2, 0.25) is 5.91 Å². The second kappa shape index (κ2) is 7.39. The van der Waals surface area contributed by atoms with Crippen molar-refractivity contribution >= 4 is 22.8 Å². The van der Waals surface area contributed by atoms with Crippen molar-refractivity contribution in [2.24, 2.45) is 5.73 Å². The van der Waals surface area contributed by atoms with Crippen molar-refractivity contribution in [1.82, 2.24) is 4.57 Å². The van der Waals surface area contributed by atoms with Crippen LogP contribution in [0.25, 0.3) is 10.9 Å². The van der Waals surface area contributed by atoms with Crippen LogP contribution in [0.5, 0.6) is 0 Å². The molecule has 3 N–H and O–H groups in total. The largest absolute Gasteiger partial charge is 0.480 e. The molecule has 0 bridgehead atoms. The number of fused-ring (bicyclic) bond motifs is 3. The van der Waals surface area contributed by atoms with Crippen molar-refractivity contribution in [1.29, 1.82) is 0 Å². The van der Waals surface area contributed by atoms with Gasteiger partial charge in [-0.25, -0.2) is 0 Å². The highest BCUT2D eigenvalue weighted by Crippen LogP contribution is 2.49. The maximum atomic E-state index is 12.6. The van der Waals surface area contributed by atoms with E-state index in [0.717, 1.165) is 41.4 Å². The zero-order valence-electron chi connectivity index (χ0n) is 16.6. The van der Waals surface area contributed by atoms with Crippen LogP contribution in [-0.4, -0.2) is 21.6 Å². The fourth-order valence-electron chi connectivity index (χ4n) is 5.24. The molecule has 0 fully saturated rings. The topological polar surface area (TPSA) is 85.3 Å². The molecule has 0 aliphatic heterocycles. The monoisotopic (exact) mass is 390 g/mol. The summed E-state index contributed by atoms with van der Waals surface area (Å²) in [7, 11) is 0. The number of carboxylic acid groups (broad SMARTS) is 1. The highest BCUT2D eigenvalue weighted by atomic mass is 16.4. The number of amides is 1. The van der Waals surface area contributed by atoms with Crippen LogP contribution in [-0.2, 0) is 28.0 Å². The van der Waals surface area contributed by atoms with Crippen molar-refractivity contribution in [3.8, 4) is 0 Å². The van der Waals surface area contributed by atoms with E-state index in [4.69, 9.17) is 5.73 Å². The molecule has 1 aliphatic rings. The Balaban J connectivity index is 1.99. The average Bonchev–Trinajstić information content (AvgIpc) is 3.01. The van der Waals surface area contributed by atoms with Crippen molar-refractivity contribution in [2.75, 3.05) is 0 Å². The zero-order chi connectivity index (χ0) is 20.6. The number of carbonyl (C=O) groups excluding carboxylic acids is 1. The van der Waals surface area contributed by atoms with Gasteiger partial charge < -0.3 is 15.4 Å². The first-order chi connectivity index (χ1) is 14.0. The second-order valence-electron chi connectivity index (χ2n) is 8.09. The number of rotatable bonds is 6. The molecule has 3 aromatic rings. The number of nitrogens with two attached hydrogens (primary N) is 1. The summed E-state index contributed by atoms with van der Waals surface area (Å²) in [6.07, 6.45) is 3.31. The lowest BCUT2D eigenvalue weighted by Crippen LogP contribution is -2.40. The molecule has 5 nitrogen and oxygen atoms in total. The molecule has 0 spiro atoms. The SMILES string of the molecule is CCCC1(c2ccccc2)Cc2c(n(CC(=O)O)c3ccccc23)C(C(N)=O)C1. The van der Waals surface area contributed by atoms with Crippen LogP contribution in [0.2, 0.25) is 0 Å². The summed E-state index contributed by atoms with van der Waals surface area (Å²) < 4.78 is 1.78. The number of carboxylic acids is 1. The fraction of sp³-hybridized carbons (Fsp3) is 0.333. The van der Waals surface area contributed by atoms with Crippen molar-refractivity contribution in [2.45, 2.75) is 50.5 Å². The molecular formula is C24H26N2O3. The summed E-state index contributed by atoms with van der Waals surface area (Å²) in [6, 6.07) is 18.2. The maximum Gasteiger partial charge on any atom is 0.323 e. The quantitative estimate of drug-likeness (QED) is 0.668. The summed E-state index contributed by atoms with van der Waals surface area (Å²) >= 11 is 0. The molecule has 1 heterocycles. The molecule has 0 saturated heterocycles. The average molecular weight is 390 g/mol. The first-order valence-electron chi connectivity index (χ1n) is 10.1. The number of para-hydroxylation sites is 1. The third kappa shape index (κ3) is 3.20. The van der Waals surface area contributed by atoms with E-state index < -0.39 is 17.8 Å². The lowest BCUT2D eigenvalue weighted by molar-refractivity contribution is -0.137. The van der Waals surface area contributed by atoms with Gasteiger partial charge in [-0.15, -0.1) is 0 Å². The highest BCUT2D eigenvalue weighted by Gasteiger charge is 2.44. The normalized spacial score (nSPS) is 21.1. The summed E-state index contributed by atoms with van der Waals surface area (Å²) in [5.41, 5.74) is 9.62. The second-order valence-corrected chi connectivity index (χ2v) is 8.09. The Kier molecular flexibility index (Phi) is 4.91. The van der Waals surface area contributed by atoms with Crippen molar-refractivity contribution in [3.05, 3.63) is 71.4 Å². The minimum atomic E-state index is -0.926.